The fraction of sp³-hybridized carbons (Fsp3) is 0.611. The van der Waals surface area contributed by atoms with Crippen LogP contribution in [-0.4, -0.2) is 33.7 Å². The molecule has 20 heavy (non-hydrogen) atoms. The highest BCUT2D eigenvalue weighted by Gasteiger charge is 2.44. The number of likely N-dealkylation sites (tertiary alicyclic amines) is 1. The number of rotatable bonds is 3. The molecule has 2 heteroatoms. The van der Waals surface area contributed by atoms with Gasteiger partial charge in [0.25, 0.3) is 0 Å². The Labute approximate surface area is 123 Å². The lowest BCUT2D eigenvalue weighted by Crippen LogP contribution is -2.62. The molecule has 1 aliphatic heterocycles. The standard InChI is InChI=1S/C18H28NO/c1-14-6-8-15(9-7-14)10-11-19-17(2,3)12-16(20)13-18(19,4)5/h6-9,16,20H,1,10-13H2,2-5H3. The predicted octanol–water partition coefficient (Wildman–Crippen LogP) is 3.43. The van der Waals surface area contributed by atoms with E-state index in [1.807, 2.05) is 0 Å². The zero-order chi connectivity index (χ0) is 15.0. The van der Waals surface area contributed by atoms with Crippen LogP contribution in [0.2, 0.25) is 0 Å². The maximum absolute atomic E-state index is 10.1. The van der Waals surface area contributed by atoms with Gasteiger partial charge in [-0.3, -0.25) is 4.90 Å². The van der Waals surface area contributed by atoms with Crippen LogP contribution in [0.15, 0.2) is 24.3 Å². The zero-order valence-electron chi connectivity index (χ0n) is 13.3. The van der Waals surface area contributed by atoms with Gasteiger partial charge in [-0.1, -0.05) is 24.3 Å². The van der Waals surface area contributed by atoms with Gasteiger partial charge in [-0.15, -0.1) is 0 Å². The topological polar surface area (TPSA) is 23.5 Å². The quantitative estimate of drug-likeness (QED) is 0.913. The summed E-state index contributed by atoms with van der Waals surface area (Å²) in [6.07, 6.45) is 2.58. The lowest BCUT2D eigenvalue weighted by atomic mass is 9.78. The summed E-state index contributed by atoms with van der Waals surface area (Å²) in [5.41, 5.74) is 2.52. The molecule has 2 rings (SSSR count). The minimum absolute atomic E-state index is 0.0490. The number of nitrogens with zero attached hydrogens (tertiary/aromatic N) is 1. The summed E-state index contributed by atoms with van der Waals surface area (Å²) >= 11 is 0. The highest BCUT2D eigenvalue weighted by molar-refractivity contribution is 5.24. The fourth-order valence-corrected chi connectivity index (χ4v) is 3.82. The van der Waals surface area contributed by atoms with E-state index in [0.717, 1.165) is 31.4 Å². The molecule has 1 aliphatic rings. The first-order valence-electron chi connectivity index (χ1n) is 7.57. The van der Waals surface area contributed by atoms with Crippen molar-refractivity contribution < 1.29 is 5.11 Å². The molecule has 0 amide bonds. The van der Waals surface area contributed by atoms with Crippen LogP contribution in [-0.2, 0) is 6.42 Å². The molecule has 1 saturated heterocycles. The molecule has 1 heterocycles. The average molecular weight is 274 g/mol. The molecule has 0 aliphatic carbocycles. The Bertz CT molecular complexity index is 429. The molecule has 1 radical (unpaired) electrons. The average Bonchev–Trinajstić information content (AvgIpc) is 2.28. The molecule has 1 N–H and O–H groups in total. The first-order chi connectivity index (χ1) is 9.21. The largest absolute Gasteiger partial charge is 0.393 e. The SMILES string of the molecule is [CH2]c1ccc(CCN2C(C)(C)CC(O)CC2(C)C)cc1. The van der Waals surface area contributed by atoms with Crippen LogP contribution in [0.5, 0.6) is 0 Å². The van der Waals surface area contributed by atoms with Gasteiger partial charge in [0, 0.05) is 17.6 Å². The van der Waals surface area contributed by atoms with Gasteiger partial charge in [-0.25, -0.2) is 0 Å². The predicted molar refractivity (Wildman–Crippen MR) is 84.7 cm³/mol. The Morgan fingerprint density at radius 2 is 1.60 bits per heavy atom. The molecule has 0 spiro atoms. The zero-order valence-corrected chi connectivity index (χ0v) is 13.3. The van der Waals surface area contributed by atoms with Gasteiger partial charge in [-0.05, 0) is 65.0 Å². The Balaban J connectivity index is 2.08. The van der Waals surface area contributed by atoms with Crippen molar-refractivity contribution in [3.8, 4) is 0 Å². The third kappa shape index (κ3) is 3.42. The third-order valence-electron chi connectivity index (χ3n) is 4.58. The molecule has 1 aromatic rings. The smallest absolute Gasteiger partial charge is 0.0575 e. The van der Waals surface area contributed by atoms with E-state index in [-0.39, 0.29) is 17.2 Å². The van der Waals surface area contributed by atoms with Gasteiger partial charge in [0.05, 0.1) is 6.10 Å². The highest BCUT2D eigenvalue weighted by Crippen LogP contribution is 2.38. The maximum atomic E-state index is 10.1. The normalized spacial score (nSPS) is 22.9. The van der Waals surface area contributed by atoms with E-state index in [4.69, 9.17) is 0 Å². The maximum Gasteiger partial charge on any atom is 0.0575 e. The number of piperidine rings is 1. The first kappa shape index (κ1) is 15.5. The highest BCUT2D eigenvalue weighted by atomic mass is 16.3. The molecule has 0 unspecified atom stereocenters. The van der Waals surface area contributed by atoms with Crippen LogP contribution >= 0.6 is 0 Å². The molecular weight excluding hydrogens is 246 g/mol. The van der Waals surface area contributed by atoms with Crippen molar-refractivity contribution in [1.82, 2.24) is 4.90 Å². The van der Waals surface area contributed by atoms with Gasteiger partial charge in [0.2, 0.25) is 0 Å². The molecular formula is C18H28NO. The molecule has 111 valence electrons. The van der Waals surface area contributed by atoms with Crippen molar-refractivity contribution in [3.05, 3.63) is 42.3 Å². The Hall–Kier alpha value is -0.860. The van der Waals surface area contributed by atoms with Crippen LogP contribution in [0.1, 0.15) is 51.7 Å². The van der Waals surface area contributed by atoms with Crippen molar-refractivity contribution in [1.29, 1.82) is 0 Å². The van der Waals surface area contributed by atoms with Crippen LogP contribution in [0.3, 0.4) is 0 Å². The minimum atomic E-state index is -0.179. The van der Waals surface area contributed by atoms with E-state index >= 15 is 0 Å². The number of benzene rings is 1. The van der Waals surface area contributed by atoms with Crippen LogP contribution in [0.4, 0.5) is 0 Å². The molecule has 0 atom stereocenters. The van der Waals surface area contributed by atoms with Crippen molar-refractivity contribution >= 4 is 0 Å². The number of aliphatic hydroxyl groups excluding tert-OH is 1. The van der Waals surface area contributed by atoms with E-state index in [2.05, 4.69) is 63.8 Å². The molecule has 2 nitrogen and oxygen atoms in total. The van der Waals surface area contributed by atoms with E-state index < -0.39 is 0 Å². The van der Waals surface area contributed by atoms with E-state index in [0.29, 0.717) is 0 Å². The third-order valence-corrected chi connectivity index (χ3v) is 4.58. The van der Waals surface area contributed by atoms with E-state index in [9.17, 15) is 5.11 Å². The fourth-order valence-electron chi connectivity index (χ4n) is 3.82. The first-order valence-corrected chi connectivity index (χ1v) is 7.57. The van der Waals surface area contributed by atoms with Crippen LogP contribution < -0.4 is 0 Å². The second-order valence-electron chi connectivity index (χ2n) is 7.41. The monoisotopic (exact) mass is 274 g/mol. The number of aliphatic hydroxyl groups is 1. The second-order valence-corrected chi connectivity index (χ2v) is 7.41. The van der Waals surface area contributed by atoms with Gasteiger partial charge >= 0.3 is 0 Å². The van der Waals surface area contributed by atoms with Gasteiger partial charge in [0.1, 0.15) is 0 Å². The Morgan fingerprint density at radius 3 is 2.10 bits per heavy atom. The lowest BCUT2D eigenvalue weighted by Gasteiger charge is -2.54. The number of hydrogen-bond donors (Lipinski definition) is 1. The van der Waals surface area contributed by atoms with Gasteiger partial charge < -0.3 is 5.11 Å². The lowest BCUT2D eigenvalue weighted by molar-refractivity contribution is -0.0797. The molecule has 1 fully saturated rings. The van der Waals surface area contributed by atoms with Crippen molar-refractivity contribution in [2.75, 3.05) is 6.54 Å². The summed E-state index contributed by atoms with van der Waals surface area (Å²) in [6, 6.07) is 8.49. The molecule has 0 aromatic heterocycles. The summed E-state index contributed by atoms with van der Waals surface area (Å²) in [5.74, 6) is 0. The van der Waals surface area contributed by atoms with Crippen molar-refractivity contribution in [2.45, 2.75) is 64.1 Å². The molecule has 1 aromatic carbocycles. The molecule has 0 bridgehead atoms. The minimum Gasteiger partial charge on any atom is -0.393 e. The molecule has 0 saturated carbocycles. The van der Waals surface area contributed by atoms with Gasteiger partial charge in [-0.2, -0.15) is 0 Å². The second kappa shape index (κ2) is 5.50. The van der Waals surface area contributed by atoms with Crippen LogP contribution in [0, 0.1) is 6.92 Å². The van der Waals surface area contributed by atoms with Gasteiger partial charge in [0.15, 0.2) is 0 Å². The van der Waals surface area contributed by atoms with E-state index in [1.54, 1.807) is 0 Å². The van der Waals surface area contributed by atoms with Crippen LogP contribution in [0.25, 0.3) is 0 Å². The Kier molecular flexibility index (Phi) is 4.27. The summed E-state index contributed by atoms with van der Waals surface area (Å²) < 4.78 is 0. The summed E-state index contributed by atoms with van der Waals surface area (Å²) in [6.45, 7) is 13.9. The number of hydrogen-bond acceptors (Lipinski definition) is 2. The summed E-state index contributed by atoms with van der Waals surface area (Å²) in [4.78, 5) is 2.56. The summed E-state index contributed by atoms with van der Waals surface area (Å²) in [5, 5.41) is 10.1. The van der Waals surface area contributed by atoms with E-state index in [1.165, 1.54) is 5.56 Å². The van der Waals surface area contributed by atoms with Crippen molar-refractivity contribution in [3.63, 3.8) is 0 Å². The van der Waals surface area contributed by atoms with Crippen molar-refractivity contribution in [2.24, 2.45) is 0 Å². The summed E-state index contributed by atoms with van der Waals surface area (Å²) in [7, 11) is 0. The Morgan fingerprint density at radius 1 is 1.10 bits per heavy atom.